The van der Waals surface area contributed by atoms with Crippen LogP contribution in [0.3, 0.4) is 0 Å². The third-order valence-electron chi connectivity index (χ3n) is 2.56. The van der Waals surface area contributed by atoms with Crippen molar-refractivity contribution < 1.29 is 19.3 Å². The molecule has 0 radical (unpaired) electrons. The smallest absolute Gasteiger partial charge is 0.394 e. The Bertz CT molecular complexity index is 890. The summed E-state index contributed by atoms with van der Waals surface area (Å²) in [7, 11) is -3.45. The predicted molar refractivity (Wildman–Crippen MR) is 64.2 cm³/mol. The molecule has 1 atom stereocenters. The second kappa shape index (κ2) is 5.04. The number of nitrogens with one attached hydrogen (secondary N) is 2. The van der Waals surface area contributed by atoms with Crippen LogP contribution >= 0.6 is 7.83 Å². The van der Waals surface area contributed by atoms with E-state index in [-0.39, 0.29) is 4.34 Å². The van der Waals surface area contributed by atoms with Gasteiger partial charge in [-0.3, -0.25) is 19.3 Å². The number of aliphatic hydroxyl groups excluding tert-OH is 2. The van der Waals surface area contributed by atoms with Gasteiger partial charge in [0.15, 0.2) is 11.2 Å². The lowest BCUT2D eigenvalue weighted by Gasteiger charge is -2.09. The Morgan fingerprint density at radius 1 is 1.20 bits per heavy atom. The van der Waals surface area contributed by atoms with Gasteiger partial charge in [0.2, 0.25) is 0 Å². The van der Waals surface area contributed by atoms with Crippen molar-refractivity contribution in [2.24, 2.45) is 0 Å². The van der Waals surface area contributed by atoms with Gasteiger partial charge in [0, 0.05) is 0 Å². The number of hydrogen-bond donors (Lipinski definition) is 4. The third kappa shape index (κ3) is 2.18. The highest BCUT2D eigenvalue weighted by Crippen LogP contribution is 2.10. The fraction of sp³-hybridized carbons (Fsp3) is 0.375. The summed E-state index contributed by atoms with van der Waals surface area (Å²) in [5.74, 6) is 0. The van der Waals surface area contributed by atoms with E-state index in [2.05, 4.69) is 4.98 Å². The Kier molecular flexibility index (Phi) is 3.57. The standard InChI is InChI=1S/C8H9N4O7P/c13-2-3(14)1-11-6(15)4-5(10-7(16)9-4)12(8(11)17)20(18)19/h3,13-14H,1-2H2,(H2,9,10,16). The number of H-pyrrole nitrogens is 2. The maximum Gasteiger partial charge on any atom is 0.436 e. The van der Waals surface area contributed by atoms with E-state index in [0.717, 1.165) is 0 Å². The van der Waals surface area contributed by atoms with E-state index >= 15 is 0 Å². The van der Waals surface area contributed by atoms with E-state index in [1.165, 1.54) is 0 Å². The predicted octanol–water partition coefficient (Wildman–Crippen LogP) is -2.53. The molecule has 2 heterocycles. The SMILES string of the molecule is O=c1[nH]c2c(=O)n(CC(O)CO)c(=O)n(P(=O)=O)c2[nH]1. The molecule has 2 rings (SSSR count). The average molecular weight is 304 g/mol. The quantitative estimate of drug-likeness (QED) is 0.451. The Hall–Kier alpha value is -2.23. The largest absolute Gasteiger partial charge is 0.436 e. The molecule has 12 heteroatoms. The first-order valence-corrected chi connectivity index (χ1v) is 6.41. The second-order valence-corrected chi connectivity index (χ2v) is 4.76. The zero-order valence-electron chi connectivity index (χ0n) is 9.77. The molecular formula is C8H9N4O7P. The molecule has 0 bridgehead atoms. The molecule has 0 aliphatic rings. The Labute approximate surface area is 109 Å². The van der Waals surface area contributed by atoms with Crippen LogP contribution in [-0.2, 0) is 15.7 Å². The lowest BCUT2D eigenvalue weighted by Crippen LogP contribution is -2.41. The summed E-state index contributed by atoms with van der Waals surface area (Å²) in [4.78, 5) is 39.1. The van der Waals surface area contributed by atoms with Crippen LogP contribution in [0.25, 0.3) is 11.2 Å². The van der Waals surface area contributed by atoms with Gasteiger partial charge < -0.3 is 10.2 Å². The van der Waals surface area contributed by atoms with Crippen LogP contribution in [0, 0.1) is 0 Å². The monoisotopic (exact) mass is 304 g/mol. The van der Waals surface area contributed by atoms with Gasteiger partial charge >= 0.3 is 19.2 Å². The van der Waals surface area contributed by atoms with Crippen molar-refractivity contribution in [3.63, 3.8) is 0 Å². The van der Waals surface area contributed by atoms with Gasteiger partial charge in [0.25, 0.3) is 5.56 Å². The number of hydrogen-bond acceptors (Lipinski definition) is 7. The molecule has 0 aliphatic heterocycles. The number of imidazole rings is 1. The number of nitrogens with zero attached hydrogens (tertiary/aromatic N) is 2. The van der Waals surface area contributed by atoms with Crippen molar-refractivity contribution in [2.45, 2.75) is 12.6 Å². The number of aromatic amines is 2. The number of aromatic nitrogens is 4. The van der Waals surface area contributed by atoms with Crippen molar-refractivity contribution in [3.05, 3.63) is 31.3 Å². The van der Waals surface area contributed by atoms with E-state index < -0.39 is 55.2 Å². The van der Waals surface area contributed by atoms with Gasteiger partial charge in [0.1, 0.15) is 0 Å². The van der Waals surface area contributed by atoms with E-state index in [9.17, 15) is 28.6 Å². The molecule has 0 saturated heterocycles. The minimum Gasteiger partial charge on any atom is -0.394 e. The van der Waals surface area contributed by atoms with Gasteiger partial charge in [-0.05, 0) is 0 Å². The van der Waals surface area contributed by atoms with Crippen molar-refractivity contribution in [1.29, 1.82) is 0 Å². The van der Waals surface area contributed by atoms with Crippen LogP contribution in [0.4, 0.5) is 0 Å². The highest BCUT2D eigenvalue weighted by atomic mass is 31.1. The van der Waals surface area contributed by atoms with E-state index in [1.54, 1.807) is 0 Å². The first kappa shape index (κ1) is 14.2. The molecular weight excluding hydrogens is 295 g/mol. The zero-order chi connectivity index (χ0) is 15.0. The van der Waals surface area contributed by atoms with Crippen molar-refractivity contribution in [3.8, 4) is 0 Å². The fourth-order valence-electron chi connectivity index (χ4n) is 1.70. The molecule has 11 nitrogen and oxygen atoms in total. The minimum atomic E-state index is -3.45. The van der Waals surface area contributed by atoms with E-state index in [4.69, 9.17) is 5.11 Å². The first-order valence-electron chi connectivity index (χ1n) is 5.28. The average Bonchev–Trinajstić information content (AvgIpc) is 2.75. The van der Waals surface area contributed by atoms with Gasteiger partial charge in [-0.25, -0.2) is 18.7 Å². The Morgan fingerprint density at radius 2 is 1.85 bits per heavy atom. The fourth-order valence-corrected chi connectivity index (χ4v) is 2.26. The Balaban J connectivity index is 2.93. The summed E-state index contributed by atoms with van der Waals surface area (Å²) in [5.41, 5.74) is -3.98. The van der Waals surface area contributed by atoms with Gasteiger partial charge in [-0.15, -0.1) is 0 Å². The number of rotatable bonds is 4. The molecule has 0 aliphatic carbocycles. The van der Waals surface area contributed by atoms with Crippen molar-refractivity contribution in [1.82, 2.24) is 18.9 Å². The summed E-state index contributed by atoms with van der Waals surface area (Å²) in [6, 6.07) is 0. The Morgan fingerprint density at radius 3 is 2.40 bits per heavy atom. The number of fused-ring (bicyclic) bond motifs is 1. The van der Waals surface area contributed by atoms with Gasteiger partial charge in [-0.2, -0.15) is 4.34 Å². The van der Waals surface area contributed by atoms with Crippen LogP contribution in [0.2, 0.25) is 0 Å². The maximum atomic E-state index is 12.0. The highest BCUT2D eigenvalue weighted by Gasteiger charge is 2.19. The highest BCUT2D eigenvalue weighted by molar-refractivity contribution is 7.29. The molecule has 2 aromatic rings. The molecule has 0 aromatic carbocycles. The summed E-state index contributed by atoms with van der Waals surface area (Å²) in [6.07, 6.45) is -1.43. The van der Waals surface area contributed by atoms with E-state index in [0.29, 0.717) is 4.57 Å². The topological polar surface area (TPSA) is 167 Å². The number of aliphatic hydroxyl groups is 2. The molecule has 20 heavy (non-hydrogen) atoms. The minimum absolute atomic E-state index is 0.202. The van der Waals surface area contributed by atoms with Crippen molar-refractivity contribution >= 4 is 19.0 Å². The molecule has 4 N–H and O–H groups in total. The zero-order valence-corrected chi connectivity index (χ0v) is 10.7. The summed E-state index contributed by atoms with van der Waals surface area (Å²) < 4.78 is 22.8. The maximum absolute atomic E-state index is 12.0. The van der Waals surface area contributed by atoms with Crippen LogP contribution < -0.4 is 16.9 Å². The molecule has 0 fully saturated rings. The van der Waals surface area contributed by atoms with Crippen LogP contribution in [0.5, 0.6) is 0 Å². The van der Waals surface area contributed by atoms with Crippen LogP contribution in [0.1, 0.15) is 0 Å². The van der Waals surface area contributed by atoms with E-state index in [1.807, 2.05) is 4.98 Å². The molecule has 108 valence electrons. The molecule has 2 aromatic heterocycles. The molecule has 0 saturated carbocycles. The summed E-state index contributed by atoms with van der Waals surface area (Å²) in [6.45, 7) is -1.34. The van der Waals surface area contributed by atoms with Gasteiger partial charge in [-0.1, -0.05) is 0 Å². The normalized spacial score (nSPS) is 12.7. The van der Waals surface area contributed by atoms with Gasteiger partial charge in [0.05, 0.1) is 19.3 Å². The molecule has 1 unspecified atom stereocenters. The molecule has 0 spiro atoms. The second-order valence-electron chi connectivity index (χ2n) is 3.89. The third-order valence-corrected chi connectivity index (χ3v) is 3.26. The van der Waals surface area contributed by atoms with Crippen LogP contribution in [0.15, 0.2) is 14.4 Å². The lowest BCUT2D eigenvalue weighted by atomic mass is 10.3. The lowest BCUT2D eigenvalue weighted by molar-refractivity contribution is 0.0793. The molecule has 0 amide bonds. The first-order chi connectivity index (χ1) is 9.36. The summed E-state index contributed by atoms with van der Waals surface area (Å²) in [5, 5.41) is 18.0. The summed E-state index contributed by atoms with van der Waals surface area (Å²) >= 11 is 0. The van der Waals surface area contributed by atoms with Crippen molar-refractivity contribution in [2.75, 3.05) is 6.61 Å². The van der Waals surface area contributed by atoms with Crippen LogP contribution in [-0.4, -0.2) is 41.8 Å².